The van der Waals surface area contributed by atoms with Crippen LogP contribution in [0.15, 0.2) is 42.6 Å². The number of fused-ring (bicyclic) bond motifs is 3. The van der Waals surface area contributed by atoms with Gasteiger partial charge in [0.05, 0.1) is 16.6 Å². The van der Waals surface area contributed by atoms with Crippen molar-refractivity contribution in [2.75, 3.05) is 5.73 Å². The maximum atomic E-state index is 12.0. The van der Waals surface area contributed by atoms with Crippen LogP contribution in [0.1, 0.15) is 15.9 Å². The number of primary amides is 1. The molecular weight excluding hydrogens is 316 g/mol. The van der Waals surface area contributed by atoms with Crippen LogP contribution in [-0.4, -0.2) is 21.0 Å². The van der Waals surface area contributed by atoms with Gasteiger partial charge in [0.25, 0.3) is 5.91 Å². The van der Waals surface area contributed by atoms with Gasteiger partial charge in [-0.3, -0.25) is 4.79 Å². The summed E-state index contributed by atoms with van der Waals surface area (Å²) in [5, 5.41) is 11.9. The molecule has 2 aromatic carbocycles. The van der Waals surface area contributed by atoms with Crippen LogP contribution in [0.3, 0.4) is 0 Å². The second-order valence-corrected chi connectivity index (χ2v) is 6.06. The molecule has 6 N–H and O–H groups in total. The van der Waals surface area contributed by atoms with Gasteiger partial charge in [-0.2, -0.15) is 0 Å². The minimum atomic E-state index is -0.544. The molecule has 0 aliphatic heterocycles. The standard InChI is InChI=1S/C19H16N4O2/c1-9-2-3-14(24)18-16(9)12-6-11(10-4-5-22-15(20)8-10)7-13(19(21)25)17(12)23-18/h2-8,23-24H,1H3,(H2,20,22)(H2,21,25). The predicted octanol–water partition coefficient (Wildman–Crippen LogP) is 3.08. The molecule has 0 bridgehead atoms. The molecule has 2 aromatic heterocycles. The number of nitrogens with one attached hydrogen (secondary N) is 1. The third kappa shape index (κ3) is 2.27. The lowest BCUT2D eigenvalue weighted by Gasteiger charge is -2.07. The number of aromatic amines is 1. The average Bonchev–Trinajstić information content (AvgIpc) is 2.98. The average molecular weight is 332 g/mol. The summed E-state index contributed by atoms with van der Waals surface area (Å²) in [4.78, 5) is 19.2. The van der Waals surface area contributed by atoms with Gasteiger partial charge in [0.1, 0.15) is 11.6 Å². The van der Waals surface area contributed by atoms with Crippen molar-refractivity contribution in [3.8, 4) is 16.9 Å². The van der Waals surface area contributed by atoms with Crippen molar-refractivity contribution in [2.24, 2.45) is 5.73 Å². The zero-order valence-electron chi connectivity index (χ0n) is 13.5. The summed E-state index contributed by atoms with van der Waals surface area (Å²) in [5.41, 5.74) is 15.6. The number of nitrogens with two attached hydrogens (primary N) is 2. The molecule has 0 saturated carbocycles. The van der Waals surface area contributed by atoms with E-state index in [0.29, 0.717) is 22.4 Å². The highest BCUT2D eigenvalue weighted by Gasteiger charge is 2.17. The summed E-state index contributed by atoms with van der Waals surface area (Å²) >= 11 is 0. The third-order valence-corrected chi connectivity index (χ3v) is 4.43. The van der Waals surface area contributed by atoms with E-state index in [1.807, 2.05) is 25.1 Å². The highest BCUT2D eigenvalue weighted by molar-refractivity contribution is 6.18. The fourth-order valence-electron chi connectivity index (χ4n) is 3.26. The number of pyridine rings is 1. The van der Waals surface area contributed by atoms with Crippen molar-refractivity contribution < 1.29 is 9.90 Å². The predicted molar refractivity (Wildman–Crippen MR) is 98.4 cm³/mol. The Morgan fingerprint density at radius 2 is 1.92 bits per heavy atom. The van der Waals surface area contributed by atoms with Gasteiger partial charge in [-0.25, -0.2) is 4.98 Å². The van der Waals surface area contributed by atoms with Crippen LogP contribution in [0, 0.1) is 6.92 Å². The number of phenols is 1. The van der Waals surface area contributed by atoms with Gasteiger partial charge in [0, 0.05) is 17.0 Å². The SMILES string of the molecule is Cc1ccc(O)c2[nH]c3c(C(N)=O)cc(-c4ccnc(N)c4)cc3c12. The van der Waals surface area contributed by atoms with E-state index in [2.05, 4.69) is 9.97 Å². The highest BCUT2D eigenvalue weighted by Crippen LogP contribution is 2.37. The van der Waals surface area contributed by atoms with Crippen molar-refractivity contribution >= 4 is 33.5 Å². The Hall–Kier alpha value is -3.54. The molecule has 0 aliphatic carbocycles. The Balaban J connectivity index is 2.16. The molecule has 0 aliphatic rings. The molecule has 25 heavy (non-hydrogen) atoms. The zero-order valence-corrected chi connectivity index (χ0v) is 13.5. The Kier molecular flexibility index (Phi) is 3.15. The molecule has 0 unspecified atom stereocenters. The van der Waals surface area contributed by atoms with Crippen molar-refractivity contribution in [3.05, 3.63) is 53.7 Å². The van der Waals surface area contributed by atoms with E-state index in [4.69, 9.17) is 11.5 Å². The van der Waals surface area contributed by atoms with Crippen LogP contribution in [0.5, 0.6) is 5.75 Å². The number of carbonyl (C=O) groups is 1. The molecule has 0 fully saturated rings. The van der Waals surface area contributed by atoms with Crippen LogP contribution in [0.2, 0.25) is 0 Å². The van der Waals surface area contributed by atoms with E-state index >= 15 is 0 Å². The summed E-state index contributed by atoms with van der Waals surface area (Å²) < 4.78 is 0. The van der Waals surface area contributed by atoms with Crippen LogP contribution < -0.4 is 11.5 Å². The Morgan fingerprint density at radius 1 is 1.12 bits per heavy atom. The number of H-pyrrole nitrogens is 1. The van der Waals surface area contributed by atoms with Crippen LogP contribution in [0.25, 0.3) is 32.9 Å². The number of hydrogen-bond acceptors (Lipinski definition) is 4. The maximum absolute atomic E-state index is 12.0. The number of aryl methyl sites for hydroxylation is 1. The van der Waals surface area contributed by atoms with Crippen LogP contribution in [-0.2, 0) is 0 Å². The van der Waals surface area contributed by atoms with E-state index in [1.165, 1.54) is 0 Å². The molecule has 0 radical (unpaired) electrons. The summed E-state index contributed by atoms with van der Waals surface area (Å²) in [6, 6.07) is 10.7. The van der Waals surface area contributed by atoms with Crippen LogP contribution in [0.4, 0.5) is 5.82 Å². The minimum Gasteiger partial charge on any atom is -0.506 e. The topological polar surface area (TPSA) is 118 Å². The van der Waals surface area contributed by atoms with Crippen molar-refractivity contribution in [1.82, 2.24) is 9.97 Å². The summed E-state index contributed by atoms with van der Waals surface area (Å²) in [5.74, 6) is -0.0227. The van der Waals surface area contributed by atoms with Gasteiger partial charge in [-0.15, -0.1) is 0 Å². The number of aromatic nitrogens is 2. The van der Waals surface area contributed by atoms with E-state index in [0.717, 1.165) is 27.5 Å². The molecule has 0 saturated heterocycles. The molecule has 6 nitrogen and oxygen atoms in total. The Bertz CT molecular complexity index is 1160. The van der Waals surface area contributed by atoms with Crippen LogP contribution >= 0.6 is 0 Å². The van der Waals surface area contributed by atoms with Crippen molar-refractivity contribution in [2.45, 2.75) is 6.92 Å². The van der Waals surface area contributed by atoms with E-state index < -0.39 is 5.91 Å². The quantitative estimate of drug-likeness (QED) is 0.451. The van der Waals surface area contributed by atoms with E-state index in [9.17, 15) is 9.90 Å². The van der Waals surface area contributed by atoms with E-state index in [-0.39, 0.29) is 5.75 Å². The number of nitrogen functional groups attached to an aromatic ring is 1. The normalized spacial score (nSPS) is 11.2. The number of rotatable bonds is 2. The van der Waals surface area contributed by atoms with Gasteiger partial charge < -0.3 is 21.6 Å². The summed E-state index contributed by atoms with van der Waals surface area (Å²) in [6.45, 7) is 1.95. The monoisotopic (exact) mass is 332 g/mol. The lowest BCUT2D eigenvalue weighted by molar-refractivity contribution is 0.100. The molecule has 2 heterocycles. The first-order valence-corrected chi connectivity index (χ1v) is 7.75. The molecule has 0 atom stereocenters. The van der Waals surface area contributed by atoms with Gasteiger partial charge in [-0.1, -0.05) is 6.07 Å². The number of aromatic hydroxyl groups is 1. The number of phenolic OH excluding ortho intramolecular Hbond substituents is 1. The van der Waals surface area contributed by atoms with E-state index in [1.54, 1.807) is 24.4 Å². The molecule has 6 heteroatoms. The molecule has 124 valence electrons. The number of anilines is 1. The largest absolute Gasteiger partial charge is 0.506 e. The molecule has 0 spiro atoms. The van der Waals surface area contributed by atoms with Crippen molar-refractivity contribution in [3.63, 3.8) is 0 Å². The van der Waals surface area contributed by atoms with Gasteiger partial charge >= 0.3 is 0 Å². The second kappa shape index (κ2) is 5.24. The number of hydrogen-bond donors (Lipinski definition) is 4. The minimum absolute atomic E-state index is 0.127. The zero-order chi connectivity index (χ0) is 17.7. The Labute approximate surface area is 143 Å². The first-order chi connectivity index (χ1) is 12.0. The lowest BCUT2D eigenvalue weighted by atomic mass is 9.98. The fraction of sp³-hybridized carbons (Fsp3) is 0.0526. The highest BCUT2D eigenvalue weighted by atomic mass is 16.3. The molecule has 1 amide bonds. The maximum Gasteiger partial charge on any atom is 0.250 e. The summed E-state index contributed by atoms with van der Waals surface area (Å²) in [6.07, 6.45) is 1.62. The van der Waals surface area contributed by atoms with Gasteiger partial charge in [-0.05, 0) is 53.9 Å². The number of carbonyl (C=O) groups excluding carboxylic acids is 1. The molecular formula is C19H16N4O2. The molecule has 4 aromatic rings. The second-order valence-electron chi connectivity index (χ2n) is 6.06. The molecule has 4 rings (SSSR count). The number of nitrogens with zero attached hydrogens (tertiary/aromatic N) is 1. The smallest absolute Gasteiger partial charge is 0.250 e. The number of benzene rings is 2. The lowest BCUT2D eigenvalue weighted by Crippen LogP contribution is -2.11. The van der Waals surface area contributed by atoms with Gasteiger partial charge in [0.15, 0.2) is 0 Å². The van der Waals surface area contributed by atoms with Crippen molar-refractivity contribution in [1.29, 1.82) is 0 Å². The Morgan fingerprint density at radius 3 is 2.64 bits per heavy atom. The summed E-state index contributed by atoms with van der Waals surface area (Å²) in [7, 11) is 0. The first kappa shape index (κ1) is 15.0. The van der Waals surface area contributed by atoms with Gasteiger partial charge in [0.2, 0.25) is 0 Å². The third-order valence-electron chi connectivity index (χ3n) is 4.43. The fourth-order valence-corrected chi connectivity index (χ4v) is 3.26. The first-order valence-electron chi connectivity index (χ1n) is 7.75. The number of amides is 1.